The summed E-state index contributed by atoms with van der Waals surface area (Å²) < 4.78 is 0. The third-order valence-corrected chi connectivity index (χ3v) is 4.53. The number of aliphatic imine (C=N–C) groups is 1. The Morgan fingerprint density at radius 1 is 1.03 bits per heavy atom. The Morgan fingerprint density at radius 2 is 1.63 bits per heavy atom. The van der Waals surface area contributed by atoms with Gasteiger partial charge in [0, 0.05) is 43.1 Å². The quantitative estimate of drug-likeness (QED) is 0.349. The monoisotopic (exact) mass is 472 g/mol. The van der Waals surface area contributed by atoms with Crippen LogP contribution in [0.5, 0.6) is 0 Å². The predicted molar refractivity (Wildman–Crippen MR) is 162 cm³/mol. The van der Waals surface area contributed by atoms with E-state index in [0.717, 1.165) is 29.7 Å². The fourth-order valence-electron chi connectivity index (χ4n) is 2.62. The van der Waals surface area contributed by atoms with Crippen LogP contribution in [0.15, 0.2) is 84.0 Å². The minimum Gasteiger partial charge on any atom is -0.388 e. The van der Waals surface area contributed by atoms with Crippen molar-refractivity contribution in [2.24, 2.45) is 4.99 Å². The lowest BCUT2D eigenvalue weighted by molar-refractivity contribution is 1.28. The molecule has 2 aromatic rings. The van der Waals surface area contributed by atoms with E-state index in [2.05, 4.69) is 79.0 Å². The van der Waals surface area contributed by atoms with Crippen molar-refractivity contribution in [1.29, 1.82) is 0 Å². The zero-order valence-electron chi connectivity index (χ0n) is 23.9. The van der Waals surface area contributed by atoms with Gasteiger partial charge < -0.3 is 5.32 Å². The SMILES string of the molecule is C/C=C\C.C=C(C)C1=NC=C(c2ccc(C#CCC)cc2)C1.CC.CC.CNc1cccc(C)c1. The predicted octanol–water partition coefficient (Wildman–Crippen LogP) is 9.88. The van der Waals surface area contributed by atoms with Crippen molar-refractivity contribution in [3.05, 3.63) is 95.7 Å². The first-order valence-electron chi connectivity index (χ1n) is 12.8. The highest BCUT2D eigenvalue weighted by Crippen LogP contribution is 2.25. The molecule has 0 bridgehead atoms. The van der Waals surface area contributed by atoms with Gasteiger partial charge in [-0.15, -0.1) is 0 Å². The molecule has 1 aliphatic heterocycles. The fraction of sp³-hybridized carbons (Fsp3) is 0.364. The molecule has 190 valence electrons. The van der Waals surface area contributed by atoms with Gasteiger partial charge in [-0.05, 0) is 74.2 Å². The molecule has 0 amide bonds. The molecule has 2 aromatic carbocycles. The zero-order valence-corrected chi connectivity index (χ0v) is 23.9. The van der Waals surface area contributed by atoms with Gasteiger partial charge in [-0.25, -0.2) is 0 Å². The summed E-state index contributed by atoms with van der Waals surface area (Å²) in [5.41, 5.74) is 8.14. The summed E-state index contributed by atoms with van der Waals surface area (Å²) in [5.74, 6) is 6.20. The van der Waals surface area contributed by atoms with Crippen molar-refractivity contribution < 1.29 is 0 Å². The van der Waals surface area contributed by atoms with Gasteiger partial charge in [0.1, 0.15) is 0 Å². The van der Waals surface area contributed by atoms with E-state index >= 15 is 0 Å². The summed E-state index contributed by atoms with van der Waals surface area (Å²) in [6.07, 6.45) is 7.72. The second-order valence-corrected chi connectivity index (χ2v) is 7.21. The Balaban J connectivity index is 0. The van der Waals surface area contributed by atoms with Gasteiger partial charge in [-0.1, -0.05) is 89.5 Å². The summed E-state index contributed by atoms with van der Waals surface area (Å²) in [7, 11) is 1.93. The number of hydrogen-bond donors (Lipinski definition) is 1. The van der Waals surface area contributed by atoms with E-state index in [-0.39, 0.29) is 0 Å². The third kappa shape index (κ3) is 15.3. The number of benzene rings is 2. The average Bonchev–Trinajstić information content (AvgIpc) is 3.41. The van der Waals surface area contributed by atoms with Crippen molar-refractivity contribution in [2.45, 2.75) is 75.2 Å². The molecule has 0 radical (unpaired) electrons. The highest BCUT2D eigenvalue weighted by molar-refractivity contribution is 6.08. The molecule has 35 heavy (non-hydrogen) atoms. The number of rotatable bonds is 3. The molecule has 1 heterocycles. The molecule has 1 aliphatic rings. The molecule has 0 saturated heterocycles. The molecule has 0 spiro atoms. The highest BCUT2D eigenvalue weighted by atomic mass is 14.8. The lowest BCUT2D eigenvalue weighted by Gasteiger charge is -2.03. The minimum atomic E-state index is 0.884. The lowest BCUT2D eigenvalue weighted by Crippen LogP contribution is -1.95. The van der Waals surface area contributed by atoms with Gasteiger partial charge in [0.25, 0.3) is 0 Å². The largest absolute Gasteiger partial charge is 0.388 e. The molecule has 3 rings (SSSR count). The maximum Gasteiger partial charge on any atom is 0.0471 e. The van der Waals surface area contributed by atoms with Crippen LogP contribution in [0.4, 0.5) is 5.69 Å². The molecule has 0 aliphatic carbocycles. The van der Waals surface area contributed by atoms with Crippen LogP contribution in [0.2, 0.25) is 0 Å². The van der Waals surface area contributed by atoms with Gasteiger partial charge >= 0.3 is 0 Å². The normalized spacial score (nSPS) is 10.7. The Labute approximate surface area is 217 Å². The number of aryl methyl sites for hydroxylation is 1. The van der Waals surface area contributed by atoms with Gasteiger partial charge in [0.2, 0.25) is 0 Å². The molecule has 0 fully saturated rings. The molecule has 1 N–H and O–H groups in total. The Hall–Kier alpha value is -3.31. The topological polar surface area (TPSA) is 24.4 Å². The van der Waals surface area contributed by atoms with Crippen molar-refractivity contribution >= 4 is 17.0 Å². The van der Waals surface area contributed by atoms with Crippen molar-refractivity contribution in [2.75, 3.05) is 12.4 Å². The van der Waals surface area contributed by atoms with E-state index in [1.165, 1.54) is 22.4 Å². The zero-order chi connectivity index (χ0) is 27.1. The van der Waals surface area contributed by atoms with Gasteiger partial charge in [0.05, 0.1) is 0 Å². The maximum absolute atomic E-state index is 4.39. The van der Waals surface area contributed by atoms with Crippen molar-refractivity contribution in [3.8, 4) is 11.8 Å². The lowest BCUT2D eigenvalue weighted by atomic mass is 10.00. The highest BCUT2D eigenvalue weighted by Gasteiger charge is 2.12. The number of nitrogens with zero attached hydrogens (tertiary/aromatic N) is 1. The van der Waals surface area contributed by atoms with Crippen molar-refractivity contribution in [3.63, 3.8) is 0 Å². The van der Waals surface area contributed by atoms with E-state index < -0.39 is 0 Å². The fourth-order valence-corrected chi connectivity index (χ4v) is 2.62. The number of allylic oxidation sites excluding steroid dienone is 4. The Kier molecular flexibility index (Phi) is 21.7. The van der Waals surface area contributed by atoms with Crippen LogP contribution < -0.4 is 5.32 Å². The summed E-state index contributed by atoms with van der Waals surface area (Å²) >= 11 is 0. The molecule has 2 heteroatoms. The van der Waals surface area contributed by atoms with Crippen LogP contribution >= 0.6 is 0 Å². The first-order valence-corrected chi connectivity index (χ1v) is 12.8. The second-order valence-electron chi connectivity index (χ2n) is 7.21. The van der Waals surface area contributed by atoms with E-state index in [1.807, 2.05) is 86.0 Å². The molecule has 0 aromatic heterocycles. The van der Waals surface area contributed by atoms with E-state index in [0.29, 0.717) is 0 Å². The average molecular weight is 473 g/mol. The maximum atomic E-state index is 4.39. The van der Waals surface area contributed by atoms with Crippen LogP contribution in [-0.4, -0.2) is 12.8 Å². The first kappa shape index (κ1) is 33.9. The molecule has 0 saturated carbocycles. The van der Waals surface area contributed by atoms with Gasteiger partial charge in [0.15, 0.2) is 0 Å². The number of nitrogens with one attached hydrogen (secondary N) is 1. The Bertz CT molecular complexity index is 974. The summed E-state index contributed by atoms with van der Waals surface area (Å²) in [5, 5.41) is 3.07. The number of anilines is 1. The van der Waals surface area contributed by atoms with Crippen LogP contribution in [0, 0.1) is 18.8 Å². The van der Waals surface area contributed by atoms with Crippen LogP contribution in [0.1, 0.15) is 84.9 Å². The van der Waals surface area contributed by atoms with E-state index in [4.69, 9.17) is 0 Å². The second kappa shape index (κ2) is 22.5. The van der Waals surface area contributed by atoms with Crippen LogP contribution in [-0.2, 0) is 0 Å². The molecule has 0 atom stereocenters. The molecule has 0 unspecified atom stereocenters. The summed E-state index contributed by atoms with van der Waals surface area (Å²) in [6.45, 7) is 22.1. The van der Waals surface area contributed by atoms with E-state index in [1.54, 1.807) is 0 Å². The van der Waals surface area contributed by atoms with Crippen LogP contribution in [0.3, 0.4) is 0 Å². The summed E-state index contributed by atoms with van der Waals surface area (Å²) in [6, 6.07) is 16.6. The van der Waals surface area contributed by atoms with Crippen LogP contribution in [0.25, 0.3) is 5.57 Å². The van der Waals surface area contributed by atoms with E-state index in [9.17, 15) is 0 Å². The smallest absolute Gasteiger partial charge is 0.0471 e. The summed E-state index contributed by atoms with van der Waals surface area (Å²) in [4.78, 5) is 4.39. The van der Waals surface area contributed by atoms with Gasteiger partial charge in [-0.3, -0.25) is 4.99 Å². The molecular formula is C33H48N2. The Morgan fingerprint density at radius 3 is 2.03 bits per heavy atom. The third-order valence-electron chi connectivity index (χ3n) is 4.53. The molecule has 2 nitrogen and oxygen atoms in total. The van der Waals surface area contributed by atoms with Crippen molar-refractivity contribution in [1.82, 2.24) is 0 Å². The standard InChI is InChI=1S/C17H17N.C8H11N.C4H8.2C2H6/c1-4-5-6-14-7-9-15(10-8-14)16-11-17(13(2)3)18-12-16;1-7-4-3-5-8(6-7)9-2;1-3-4-2;2*1-2/h7-10,12H,2,4,11H2,1,3H3;3-6,9H,1-2H3;3-4H,1-2H3;2*1-2H3/b;;4-3-;;. The van der Waals surface area contributed by atoms with Gasteiger partial charge in [-0.2, -0.15) is 0 Å². The first-order chi connectivity index (χ1) is 16.9. The molecular weight excluding hydrogens is 424 g/mol. The number of hydrogen-bond acceptors (Lipinski definition) is 2. The minimum absolute atomic E-state index is 0.884.